The van der Waals surface area contributed by atoms with Crippen LogP contribution in [0.3, 0.4) is 0 Å². The molecule has 14 heteroatoms. The number of hydrogen-bond donors (Lipinski definition) is 1. The topological polar surface area (TPSA) is 90.3 Å². The normalized spacial score (nSPS) is 20.9. The zero-order valence-corrected chi connectivity index (χ0v) is 23.6. The molecule has 1 N–H and O–H groups in total. The Labute approximate surface area is 234 Å². The molecule has 1 aromatic carbocycles. The number of rotatable bonds is 10. The monoisotopic (exact) mass is 611 g/mol. The van der Waals surface area contributed by atoms with Gasteiger partial charge in [-0.2, -0.15) is 27.1 Å². The van der Waals surface area contributed by atoms with Gasteiger partial charge in [-0.15, -0.1) is 0 Å². The first-order valence-electron chi connectivity index (χ1n) is 13.0. The van der Waals surface area contributed by atoms with Gasteiger partial charge < -0.3 is 10.1 Å². The molecule has 1 heterocycles. The number of alkyl halides is 5. The van der Waals surface area contributed by atoms with Crippen LogP contribution in [0.25, 0.3) is 11.3 Å². The molecule has 1 aromatic heterocycles. The molecule has 0 atom stereocenters. The van der Waals surface area contributed by atoms with Crippen molar-refractivity contribution in [3.8, 4) is 17.0 Å². The number of benzene rings is 1. The van der Waals surface area contributed by atoms with Crippen LogP contribution in [0.2, 0.25) is 5.02 Å². The summed E-state index contributed by atoms with van der Waals surface area (Å²) in [4.78, 5) is 13.0. The molecule has 0 unspecified atom stereocenters. The number of nitrogens with zero attached hydrogens (tertiary/aromatic N) is 2. The van der Waals surface area contributed by atoms with E-state index in [0.29, 0.717) is 25.7 Å². The number of aromatic nitrogens is 2. The van der Waals surface area contributed by atoms with E-state index in [-0.39, 0.29) is 76.8 Å². The minimum absolute atomic E-state index is 0.0324. The van der Waals surface area contributed by atoms with Gasteiger partial charge in [0.05, 0.1) is 21.4 Å². The molecule has 7 nitrogen and oxygen atoms in total. The van der Waals surface area contributed by atoms with Gasteiger partial charge in [-0.1, -0.05) is 17.7 Å². The molecule has 4 rings (SSSR count). The van der Waals surface area contributed by atoms with E-state index in [9.17, 15) is 35.2 Å². The molecule has 222 valence electrons. The van der Waals surface area contributed by atoms with Crippen LogP contribution in [-0.4, -0.2) is 54.9 Å². The second kappa shape index (κ2) is 11.5. The summed E-state index contributed by atoms with van der Waals surface area (Å²) >= 11 is 6.55. The Balaban J connectivity index is 1.55. The molecule has 0 bridgehead atoms. The van der Waals surface area contributed by atoms with Gasteiger partial charge in [0.15, 0.2) is 5.69 Å². The van der Waals surface area contributed by atoms with E-state index in [1.807, 2.05) is 0 Å². The molecular weight excluding hydrogens is 581 g/mol. The molecule has 2 fully saturated rings. The maximum Gasteiger partial charge on any atom is 0.394 e. The third kappa shape index (κ3) is 6.56. The van der Waals surface area contributed by atoms with E-state index in [1.165, 1.54) is 23.1 Å². The molecular formula is C26H31ClF5N3O4S. The van der Waals surface area contributed by atoms with Crippen molar-refractivity contribution < 1.29 is 39.9 Å². The summed E-state index contributed by atoms with van der Waals surface area (Å²) in [6.07, 6.45) is -1.31. The Morgan fingerprint density at radius 3 is 2.40 bits per heavy atom. The zero-order valence-electron chi connectivity index (χ0n) is 22.0. The molecule has 2 aliphatic carbocycles. The highest BCUT2D eigenvalue weighted by atomic mass is 35.5. The summed E-state index contributed by atoms with van der Waals surface area (Å²) in [5.41, 5.74) is -1.61. The van der Waals surface area contributed by atoms with Crippen molar-refractivity contribution in [3.05, 3.63) is 34.5 Å². The number of aryl methyl sites for hydroxylation is 1. The summed E-state index contributed by atoms with van der Waals surface area (Å²) in [7, 11) is -3.11. The Morgan fingerprint density at radius 2 is 1.88 bits per heavy atom. The first kappa shape index (κ1) is 30.5. The van der Waals surface area contributed by atoms with Gasteiger partial charge in [0.25, 0.3) is 5.91 Å². The van der Waals surface area contributed by atoms with Crippen molar-refractivity contribution in [2.45, 2.75) is 76.5 Å². The Kier molecular flexibility index (Phi) is 8.75. The van der Waals surface area contributed by atoms with Crippen molar-refractivity contribution in [3.63, 3.8) is 0 Å². The van der Waals surface area contributed by atoms with E-state index in [0.717, 1.165) is 6.07 Å². The van der Waals surface area contributed by atoms with Crippen LogP contribution in [-0.2, 0) is 22.8 Å². The van der Waals surface area contributed by atoms with Gasteiger partial charge in [-0.05, 0) is 75.5 Å². The quantitative estimate of drug-likeness (QED) is 0.331. The van der Waals surface area contributed by atoms with E-state index < -0.39 is 33.9 Å². The summed E-state index contributed by atoms with van der Waals surface area (Å²) in [5, 5.41) is 6.55. The van der Waals surface area contributed by atoms with Crippen LogP contribution >= 0.6 is 11.6 Å². The van der Waals surface area contributed by atoms with Gasteiger partial charge >= 0.3 is 12.8 Å². The van der Waals surface area contributed by atoms with Crippen LogP contribution in [0.15, 0.2) is 18.2 Å². The molecule has 0 saturated heterocycles. The van der Waals surface area contributed by atoms with Crippen LogP contribution in [0.5, 0.6) is 5.75 Å². The lowest BCUT2D eigenvalue weighted by molar-refractivity contribution is -0.186. The van der Waals surface area contributed by atoms with Crippen LogP contribution in [0, 0.1) is 11.3 Å². The second-order valence-electron chi connectivity index (χ2n) is 10.7. The van der Waals surface area contributed by atoms with Crippen molar-refractivity contribution in [1.82, 2.24) is 15.1 Å². The third-order valence-electron chi connectivity index (χ3n) is 7.87. The predicted octanol–water partition coefficient (Wildman–Crippen LogP) is 6.04. The molecule has 40 heavy (non-hydrogen) atoms. The third-order valence-corrected chi connectivity index (χ3v) is 9.91. The van der Waals surface area contributed by atoms with Crippen molar-refractivity contribution in [2.75, 3.05) is 12.8 Å². The largest absolute Gasteiger partial charge is 0.434 e. The molecule has 1 amide bonds. The first-order chi connectivity index (χ1) is 18.6. The second-order valence-corrected chi connectivity index (χ2v) is 13.4. The van der Waals surface area contributed by atoms with E-state index in [2.05, 4.69) is 15.2 Å². The van der Waals surface area contributed by atoms with Gasteiger partial charge in [0, 0.05) is 24.9 Å². The molecule has 2 aliphatic rings. The van der Waals surface area contributed by atoms with Crippen LogP contribution in [0.4, 0.5) is 22.0 Å². The number of amides is 1. The lowest BCUT2D eigenvalue weighted by Crippen LogP contribution is -2.34. The molecule has 2 aromatic rings. The lowest BCUT2D eigenvalue weighted by Gasteiger charge is -2.27. The highest BCUT2D eigenvalue weighted by Gasteiger charge is 2.62. The van der Waals surface area contributed by atoms with E-state index in [4.69, 9.17) is 11.6 Å². The number of hydrogen-bond acceptors (Lipinski definition) is 5. The van der Waals surface area contributed by atoms with Gasteiger partial charge in [0.1, 0.15) is 15.6 Å². The number of carbonyl (C=O) groups is 1. The van der Waals surface area contributed by atoms with Gasteiger partial charge in [0.2, 0.25) is 0 Å². The van der Waals surface area contributed by atoms with Crippen molar-refractivity contribution >= 4 is 27.3 Å². The first-order valence-corrected chi connectivity index (χ1v) is 15.4. The van der Waals surface area contributed by atoms with Crippen molar-refractivity contribution in [1.29, 1.82) is 0 Å². The lowest BCUT2D eigenvalue weighted by atomic mass is 9.89. The Hall–Kier alpha value is -2.41. The fourth-order valence-electron chi connectivity index (χ4n) is 5.32. The van der Waals surface area contributed by atoms with Crippen LogP contribution < -0.4 is 10.1 Å². The highest BCUT2D eigenvalue weighted by Crippen LogP contribution is 2.59. The van der Waals surface area contributed by atoms with E-state index in [1.54, 1.807) is 6.92 Å². The minimum Gasteiger partial charge on any atom is -0.434 e. The number of ether oxygens (including phenoxy) is 1. The van der Waals surface area contributed by atoms with Crippen LogP contribution in [0.1, 0.15) is 61.5 Å². The SMILES string of the molecule is CCn1nc(C(=O)NCC2CCC(S(C)(=O)=O)CC2)c(Cl)c1-c1ccc(CC2(C(F)(F)F)CC2)cc1OC(F)F. The van der Waals surface area contributed by atoms with Gasteiger partial charge in [-0.25, -0.2) is 8.42 Å². The number of halogens is 6. The fourth-order valence-corrected chi connectivity index (χ4v) is 6.78. The molecule has 0 spiro atoms. The number of nitrogens with one attached hydrogen (secondary N) is 1. The summed E-state index contributed by atoms with van der Waals surface area (Å²) in [6, 6.07) is 3.93. The average molecular weight is 612 g/mol. The molecule has 0 radical (unpaired) electrons. The maximum atomic E-state index is 13.5. The number of carbonyl (C=O) groups excluding carboxylic acids is 1. The highest BCUT2D eigenvalue weighted by molar-refractivity contribution is 7.91. The summed E-state index contributed by atoms with van der Waals surface area (Å²) in [5.74, 6) is -0.868. The fraction of sp³-hybridized carbons (Fsp3) is 0.615. The van der Waals surface area contributed by atoms with Gasteiger partial charge in [-0.3, -0.25) is 9.48 Å². The minimum atomic E-state index is -4.41. The Bertz CT molecular complexity index is 1350. The maximum absolute atomic E-state index is 13.5. The summed E-state index contributed by atoms with van der Waals surface area (Å²) < 4.78 is 96.6. The Morgan fingerprint density at radius 1 is 1.23 bits per heavy atom. The standard InChI is InChI=1S/C26H31ClF5N3O4S/c1-3-35-22(18-9-6-16(12-19(18)39-24(28)29)13-25(10-11-25)26(30,31)32)20(27)21(34-35)23(36)33-14-15-4-7-17(8-5-15)40(2,37)38/h6,9,12,15,17,24H,3-5,7-8,10-11,13-14H2,1-2H3,(H,33,36). The molecule has 0 aliphatic heterocycles. The van der Waals surface area contributed by atoms with E-state index >= 15 is 0 Å². The smallest absolute Gasteiger partial charge is 0.394 e. The predicted molar refractivity (Wildman–Crippen MR) is 139 cm³/mol. The summed E-state index contributed by atoms with van der Waals surface area (Å²) in [6.45, 7) is -1.04. The zero-order chi connectivity index (χ0) is 29.5. The van der Waals surface area contributed by atoms with Crippen molar-refractivity contribution in [2.24, 2.45) is 11.3 Å². The number of sulfone groups is 1. The average Bonchev–Trinajstić information content (AvgIpc) is 3.58. The molecule has 2 saturated carbocycles.